The Morgan fingerprint density at radius 3 is 2.50 bits per heavy atom. The SMILES string of the molecule is CC(C)(C)C12COCC1CS(=O)(=O)C2. The van der Waals surface area contributed by atoms with Crippen LogP contribution < -0.4 is 0 Å². The van der Waals surface area contributed by atoms with Crippen molar-refractivity contribution in [1.29, 1.82) is 0 Å². The molecule has 2 heterocycles. The molecule has 4 heteroatoms. The van der Waals surface area contributed by atoms with E-state index in [-0.39, 0.29) is 16.7 Å². The number of ether oxygens (including phenoxy) is 1. The summed E-state index contributed by atoms with van der Waals surface area (Å²) >= 11 is 0. The summed E-state index contributed by atoms with van der Waals surface area (Å²) in [6, 6.07) is 0. The van der Waals surface area contributed by atoms with E-state index in [9.17, 15) is 8.42 Å². The second-order valence-electron chi connectivity index (χ2n) is 5.67. The molecule has 0 aliphatic carbocycles. The lowest BCUT2D eigenvalue weighted by atomic mass is 9.63. The van der Waals surface area contributed by atoms with E-state index in [4.69, 9.17) is 4.74 Å². The molecule has 0 aromatic heterocycles. The van der Waals surface area contributed by atoms with Crippen LogP contribution in [0, 0.1) is 16.7 Å². The normalized spacial score (nSPS) is 41.2. The van der Waals surface area contributed by atoms with Gasteiger partial charge in [-0.15, -0.1) is 0 Å². The first kappa shape index (κ1) is 10.4. The Labute approximate surface area is 85.8 Å². The van der Waals surface area contributed by atoms with E-state index in [2.05, 4.69) is 20.8 Å². The molecule has 0 bridgehead atoms. The summed E-state index contributed by atoms with van der Waals surface area (Å²) in [6.45, 7) is 7.59. The second kappa shape index (κ2) is 2.73. The average molecular weight is 218 g/mol. The van der Waals surface area contributed by atoms with Crippen LogP contribution in [-0.2, 0) is 14.6 Å². The highest BCUT2D eigenvalue weighted by Gasteiger charge is 2.59. The van der Waals surface area contributed by atoms with E-state index in [0.29, 0.717) is 24.7 Å². The Bertz CT molecular complexity index is 339. The maximum absolute atomic E-state index is 11.6. The fourth-order valence-corrected chi connectivity index (χ4v) is 5.51. The third-order valence-electron chi connectivity index (χ3n) is 3.89. The summed E-state index contributed by atoms with van der Waals surface area (Å²) in [4.78, 5) is 0. The number of fused-ring (bicyclic) bond motifs is 1. The third kappa shape index (κ3) is 1.31. The monoisotopic (exact) mass is 218 g/mol. The standard InChI is InChI=1S/C10H18O3S/c1-9(2,3)10-6-13-4-8(10)5-14(11,12)7-10/h8H,4-7H2,1-3H3. The van der Waals surface area contributed by atoms with Crippen molar-refractivity contribution in [2.24, 2.45) is 16.7 Å². The largest absolute Gasteiger partial charge is 0.380 e. The molecule has 0 radical (unpaired) electrons. The minimum absolute atomic E-state index is 0.0116. The Morgan fingerprint density at radius 1 is 1.36 bits per heavy atom. The number of hydrogen-bond donors (Lipinski definition) is 0. The minimum atomic E-state index is -2.83. The van der Waals surface area contributed by atoms with Crippen LogP contribution >= 0.6 is 0 Å². The Hall–Kier alpha value is -0.0900. The van der Waals surface area contributed by atoms with Crippen molar-refractivity contribution in [1.82, 2.24) is 0 Å². The van der Waals surface area contributed by atoms with Crippen LogP contribution in [0.2, 0.25) is 0 Å². The lowest BCUT2D eigenvalue weighted by molar-refractivity contribution is 0.0700. The highest BCUT2D eigenvalue weighted by molar-refractivity contribution is 7.91. The molecule has 0 saturated carbocycles. The van der Waals surface area contributed by atoms with E-state index in [0.717, 1.165) is 0 Å². The van der Waals surface area contributed by atoms with E-state index < -0.39 is 9.84 Å². The third-order valence-corrected chi connectivity index (χ3v) is 5.75. The van der Waals surface area contributed by atoms with Gasteiger partial charge in [-0.3, -0.25) is 0 Å². The van der Waals surface area contributed by atoms with Crippen molar-refractivity contribution in [2.75, 3.05) is 24.7 Å². The zero-order valence-corrected chi connectivity index (χ0v) is 9.86. The first-order chi connectivity index (χ1) is 6.27. The summed E-state index contributed by atoms with van der Waals surface area (Å²) in [5.74, 6) is 0.853. The van der Waals surface area contributed by atoms with Gasteiger partial charge in [0.25, 0.3) is 0 Å². The van der Waals surface area contributed by atoms with Crippen LogP contribution in [0.5, 0.6) is 0 Å². The molecule has 0 spiro atoms. The number of hydrogen-bond acceptors (Lipinski definition) is 3. The van der Waals surface area contributed by atoms with Crippen LogP contribution in [0.3, 0.4) is 0 Å². The van der Waals surface area contributed by atoms with Crippen LogP contribution in [-0.4, -0.2) is 33.1 Å². The molecule has 2 aliphatic rings. The summed E-state index contributed by atoms with van der Waals surface area (Å²) in [6.07, 6.45) is 0. The average Bonchev–Trinajstić information content (AvgIpc) is 2.37. The molecule has 0 N–H and O–H groups in total. The number of rotatable bonds is 0. The van der Waals surface area contributed by atoms with E-state index >= 15 is 0 Å². The Kier molecular flexibility index (Phi) is 2.03. The molecule has 2 saturated heterocycles. The molecule has 2 atom stereocenters. The van der Waals surface area contributed by atoms with Gasteiger partial charge in [0.15, 0.2) is 9.84 Å². The quantitative estimate of drug-likeness (QED) is 0.611. The highest BCUT2D eigenvalue weighted by atomic mass is 32.2. The molecular weight excluding hydrogens is 200 g/mol. The predicted molar refractivity (Wildman–Crippen MR) is 54.9 cm³/mol. The molecule has 2 rings (SSSR count). The van der Waals surface area contributed by atoms with Gasteiger partial charge >= 0.3 is 0 Å². The van der Waals surface area contributed by atoms with Crippen LogP contribution in [0.15, 0.2) is 0 Å². The highest BCUT2D eigenvalue weighted by Crippen LogP contribution is 2.53. The van der Waals surface area contributed by atoms with Crippen molar-refractivity contribution >= 4 is 9.84 Å². The van der Waals surface area contributed by atoms with Gasteiger partial charge in [-0.05, 0) is 5.41 Å². The fourth-order valence-electron chi connectivity index (χ4n) is 2.83. The molecule has 0 aromatic carbocycles. The zero-order valence-electron chi connectivity index (χ0n) is 9.04. The molecule has 3 nitrogen and oxygen atoms in total. The van der Waals surface area contributed by atoms with Gasteiger partial charge in [0.05, 0.1) is 24.7 Å². The topological polar surface area (TPSA) is 43.4 Å². The van der Waals surface area contributed by atoms with Crippen molar-refractivity contribution in [2.45, 2.75) is 20.8 Å². The summed E-state index contributed by atoms with van der Waals surface area (Å²) < 4.78 is 28.8. The molecule has 14 heavy (non-hydrogen) atoms. The molecule has 0 amide bonds. The maximum Gasteiger partial charge on any atom is 0.151 e. The minimum Gasteiger partial charge on any atom is -0.380 e. The first-order valence-corrected chi connectivity index (χ1v) is 6.87. The lowest BCUT2D eigenvalue weighted by Crippen LogP contribution is -2.42. The molecular formula is C10H18O3S. The van der Waals surface area contributed by atoms with Crippen LogP contribution in [0.4, 0.5) is 0 Å². The van der Waals surface area contributed by atoms with Gasteiger partial charge in [-0.1, -0.05) is 20.8 Å². The predicted octanol–water partition coefficient (Wildman–Crippen LogP) is 1.09. The molecule has 2 unspecified atom stereocenters. The first-order valence-electron chi connectivity index (χ1n) is 5.05. The van der Waals surface area contributed by atoms with Crippen LogP contribution in [0.25, 0.3) is 0 Å². The smallest absolute Gasteiger partial charge is 0.151 e. The van der Waals surface area contributed by atoms with Gasteiger partial charge < -0.3 is 4.74 Å². The van der Waals surface area contributed by atoms with Gasteiger partial charge in [-0.2, -0.15) is 0 Å². The number of sulfone groups is 1. The fraction of sp³-hybridized carbons (Fsp3) is 1.00. The van der Waals surface area contributed by atoms with E-state index in [1.54, 1.807) is 0 Å². The molecule has 2 aliphatic heterocycles. The molecule has 82 valence electrons. The van der Waals surface area contributed by atoms with E-state index in [1.165, 1.54) is 0 Å². The van der Waals surface area contributed by atoms with Crippen LogP contribution in [0.1, 0.15) is 20.8 Å². The zero-order chi connectivity index (χ0) is 10.6. The van der Waals surface area contributed by atoms with Gasteiger partial charge in [0.1, 0.15) is 0 Å². The van der Waals surface area contributed by atoms with Gasteiger partial charge in [0, 0.05) is 11.3 Å². The van der Waals surface area contributed by atoms with Crippen molar-refractivity contribution in [3.8, 4) is 0 Å². The summed E-state index contributed by atoms with van der Waals surface area (Å²) in [7, 11) is -2.83. The molecule has 2 fully saturated rings. The van der Waals surface area contributed by atoms with Crippen molar-refractivity contribution in [3.63, 3.8) is 0 Å². The summed E-state index contributed by atoms with van der Waals surface area (Å²) in [5.41, 5.74) is -0.121. The van der Waals surface area contributed by atoms with Gasteiger partial charge in [0.2, 0.25) is 0 Å². The van der Waals surface area contributed by atoms with E-state index in [1.807, 2.05) is 0 Å². The van der Waals surface area contributed by atoms with Crippen molar-refractivity contribution < 1.29 is 13.2 Å². The lowest BCUT2D eigenvalue weighted by Gasteiger charge is -2.39. The van der Waals surface area contributed by atoms with Crippen molar-refractivity contribution in [3.05, 3.63) is 0 Å². The Morgan fingerprint density at radius 2 is 2.00 bits per heavy atom. The second-order valence-corrected chi connectivity index (χ2v) is 7.78. The molecule has 0 aromatic rings. The van der Waals surface area contributed by atoms with Gasteiger partial charge in [-0.25, -0.2) is 8.42 Å². The maximum atomic E-state index is 11.6. The Balaban J connectivity index is 2.42. The summed E-state index contributed by atoms with van der Waals surface area (Å²) in [5, 5.41) is 0.